The van der Waals surface area contributed by atoms with Crippen molar-refractivity contribution >= 4 is 37.6 Å². The van der Waals surface area contributed by atoms with Gasteiger partial charge < -0.3 is 4.74 Å². The Morgan fingerprint density at radius 1 is 0.900 bits per heavy atom. The Morgan fingerprint density at radius 2 is 1.45 bits per heavy atom. The van der Waals surface area contributed by atoms with Crippen LogP contribution in [0.3, 0.4) is 0 Å². The summed E-state index contributed by atoms with van der Waals surface area (Å²) in [6.45, 7) is 0.546. The van der Waals surface area contributed by atoms with Crippen molar-refractivity contribution in [1.82, 2.24) is 0 Å². The molecule has 2 rings (SSSR count). The molecule has 0 saturated carbocycles. The van der Waals surface area contributed by atoms with Gasteiger partial charge >= 0.3 is 0 Å². The van der Waals surface area contributed by atoms with E-state index in [2.05, 4.69) is 31.9 Å². The van der Waals surface area contributed by atoms with E-state index in [1.54, 1.807) is 0 Å². The van der Waals surface area contributed by atoms with Gasteiger partial charge in [-0.05, 0) is 42.8 Å². The predicted molar refractivity (Wildman–Crippen MR) is 87.3 cm³/mol. The van der Waals surface area contributed by atoms with Crippen molar-refractivity contribution in [2.75, 3.05) is 6.61 Å². The summed E-state index contributed by atoms with van der Waals surface area (Å²) in [5, 5.41) is 0. The van der Waals surface area contributed by atoms with Crippen LogP contribution < -0.4 is 4.74 Å². The van der Waals surface area contributed by atoms with Crippen LogP contribution in [0.25, 0.3) is 0 Å². The number of benzene rings is 2. The highest BCUT2D eigenvalue weighted by atomic mass is 79.9. The third kappa shape index (κ3) is 4.76. The lowest BCUT2D eigenvalue weighted by Gasteiger charge is -2.06. The van der Waals surface area contributed by atoms with Crippen LogP contribution in [0.2, 0.25) is 0 Å². The minimum absolute atomic E-state index is 0.150. The highest BCUT2D eigenvalue weighted by molar-refractivity contribution is 9.10. The zero-order valence-electron chi connectivity index (χ0n) is 10.8. The molecule has 0 radical (unpaired) electrons. The van der Waals surface area contributed by atoms with E-state index in [0.717, 1.165) is 20.3 Å². The first-order valence-electron chi connectivity index (χ1n) is 6.32. The Balaban J connectivity index is 1.74. The van der Waals surface area contributed by atoms with Gasteiger partial charge in [-0.15, -0.1) is 0 Å². The monoisotopic (exact) mass is 396 g/mol. The van der Waals surface area contributed by atoms with Crippen molar-refractivity contribution in [3.63, 3.8) is 0 Å². The van der Waals surface area contributed by atoms with Gasteiger partial charge in [-0.3, -0.25) is 4.79 Å². The van der Waals surface area contributed by atoms with Gasteiger partial charge in [0.15, 0.2) is 5.78 Å². The lowest BCUT2D eigenvalue weighted by Crippen LogP contribution is -2.03. The van der Waals surface area contributed by atoms with Gasteiger partial charge in [0, 0.05) is 20.9 Å². The smallest absolute Gasteiger partial charge is 0.163 e. The number of carbonyl (C=O) groups is 1. The minimum atomic E-state index is 0.150. The van der Waals surface area contributed by atoms with Gasteiger partial charge in [0.05, 0.1) is 6.61 Å². The second-order valence-corrected chi connectivity index (χ2v) is 6.17. The lowest BCUT2D eigenvalue weighted by atomic mass is 10.1. The molecule has 2 aromatic rings. The molecule has 2 aromatic carbocycles. The Bertz CT molecular complexity index is 562. The van der Waals surface area contributed by atoms with Gasteiger partial charge in [0.1, 0.15) is 5.75 Å². The fourth-order valence-corrected chi connectivity index (χ4v) is 2.26. The van der Waals surface area contributed by atoms with Gasteiger partial charge in [-0.1, -0.05) is 44.0 Å². The summed E-state index contributed by atoms with van der Waals surface area (Å²) in [5.74, 6) is 0.973. The van der Waals surface area contributed by atoms with Gasteiger partial charge in [-0.25, -0.2) is 0 Å². The summed E-state index contributed by atoms with van der Waals surface area (Å²) in [6.07, 6.45) is 1.21. The third-order valence-corrected chi connectivity index (χ3v) is 3.85. The first-order chi connectivity index (χ1) is 9.65. The topological polar surface area (TPSA) is 26.3 Å². The minimum Gasteiger partial charge on any atom is -0.494 e. The van der Waals surface area contributed by atoms with E-state index in [9.17, 15) is 4.79 Å². The van der Waals surface area contributed by atoms with Crippen LogP contribution in [0.1, 0.15) is 23.2 Å². The summed E-state index contributed by atoms with van der Waals surface area (Å²) >= 11 is 6.73. The van der Waals surface area contributed by atoms with Crippen molar-refractivity contribution < 1.29 is 9.53 Å². The molecule has 0 aliphatic heterocycles. The molecule has 0 atom stereocenters. The molecule has 0 heterocycles. The zero-order chi connectivity index (χ0) is 14.4. The van der Waals surface area contributed by atoms with Gasteiger partial charge in [0.25, 0.3) is 0 Å². The molecule has 0 aromatic heterocycles. The fraction of sp³-hybridized carbons (Fsp3) is 0.188. The zero-order valence-corrected chi connectivity index (χ0v) is 14.0. The number of carbonyl (C=O) groups excluding carboxylic acids is 1. The molecule has 0 bridgehead atoms. The van der Waals surface area contributed by atoms with Crippen LogP contribution in [0.5, 0.6) is 5.75 Å². The number of halogens is 2. The molecule has 0 aliphatic rings. The maximum absolute atomic E-state index is 11.9. The number of ether oxygens (including phenoxy) is 1. The first kappa shape index (κ1) is 15.3. The number of hydrogen-bond donors (Lipinski definition) is 0. The second kappa shape index (κ2) is 7.60. The van der Waals surface area contributed by atoms with Crippen LogP contribution >= 0.6 is 31.9 Å². The second-order valence-electron chi connectivity index (χ2n) is 4.34. The maximum Gasteiger partial charge on any atom is 0.163 e. The molecular weight excluding hydrogens is 384 g/mol. The fourth-order valence-electron chi connectivity index (χ4n) is 1.73. The number of ketones is 1. The molecule has 104 valence electrons. The highest BCUT2D eigenvalue weighted by Crippen LogP contribution is 2.17. The van der Waals surface area contributed by atoms with Crippen molar-refractivity contribution in [2.45, 2.75) is 12.8 Å². The normalized spacial score (nSPS) is 10.3. The van der Waals surface area contributed by atoms with Crippen LogP contribution in [-0.2, 0) is 0 Å². The van der Waals surface area contributed by atoms with Gasteiger partial charge in [-0.2, -0.15) is 0 Å². The standard InChI is InChI=1S/C16H14Br2O2/c17-13-5-3-12(4-6-13)16(19)2-1-11-20-15-9-7-14(18)8-10-15/h3-10H,1-2,11H2. The first-order valence-corrected chi connectivity index (χ1v) is 7.91. The summed E-state index contributed by atoms with van der Waals surface area (Å²) in [4.78, 5) is 11.9. The molecule has 0 spiro atoms. The summed E-state index contributed by atoms with van der Waals surface area (Å²) in [7, 11) is 0. The average molecular weight is 398 g/mol. The Labute approximate surface area is 135 Å². The lowest BCUT2D eigenvalue weighted by molar-refractivity contribution is 0.0973. The van der Waals surface area contributed by atoms with E-state index in [-0.39, 0.29) is 5.78 Å². The maximum atomic E-state index is 11.9. The molecule has 0 amide bonds. The summed E-state index contributed by atoms with van der Waals surface area (Å²) < 4.78 is 7.59. The van der Waals surface area contributed by atoms with Crippen LogP contribution in [0.4, 0.5) is 0 Å². The Hall–Kier alpha value is -1.13. The molecule has 0 N–H and O–H groups in total. The van der Waals surface area contributed by atoms with Crippen LogP contribution in [0.15, 0.2) is 57.5 Å². The molecule has 4 heteroatoms. The summed E-state index contributed by atoms with van der Waals surface area (Å²) in [6, 6.07) is 15.1. The number of hydrogen-bond acceptors (Lipinski definition) is 2. The quantitative estimate of drug-likeness (QED) is 0.491. The van der Waals surface area contributed by atoms with E-state index < -0.39 is 0 Å². The Morgan fingerprint density at radius 3 is 2.05 bits per heavy atom. The van der Waals surface area contributed by atoms with Crippen molar-refractivity contribution in [3.8, 4) is 5.75 Å². The van der Waals surface area contributed by atoms with E-state index in [0.29, 0.717) is 19.4 Å². The van der Waals surface area contributed by atoms with Crippen LogP contribution in [-0.4, -0.2) is 12.4 Å². The molecule has 2 nitrogen and oxygen atoms in total. The number of rotatable bonds is 6. The molecular formula is C16H14Br2O2. The van der Waals surface area contributed by atoms with E-state index >= 15 is 0 Å². The van der Waals surface area contributed by atoms with Crippen molar-refractivity contribution in [1.29, 1.82) is 0 Å². The average Bonchev–Trinajstić information content (AvgIpc) is 2.46. The van der Waals surface area contributed by atoms with E-state index in [1.807, 2.05) is 48.5 Å². The highest BCUT2D eigenvalue weighted by Gasteiger charge is 2.05. The molecule has 0 unspecified atom stereocenters. The third-order valence-electron chi connectivity index (χ3n) is 2.80. The van der Waals surface area contributed by atoms with E-state index in [1.165, 1.54) is 0 Å². The molecule has 20 heavy (non-hydrogen) atoms. The molecule has 0 fully saturated rings. The molecule has 0 saturated heterocycles. The largest absolute Gasteiger partial charge is 0.494 e. The molecule has 0 aliphatic carbocycles. The van der Waals surface area contributed by atoms with Gasteiger partial charge in [0.2, 0.25) is 0 Å². The Kier molecular flexibility index (Phi) is 5.80. The van der Waals surface area contributed by atoms with Crippen molar-refractivity contribution in [3.05, 3.63) is 63.0 Å². The SMILES string of the molecule is O=C(CCCOc1ccc(Br)cc1)c1ccc(Br)cc1. The number of Topliss-reactive ketones (excluding diaryl/α,β-unsaturated/α-hetero) is 1. The summed E-state index contributed by atoms with van der Waals surface area (Å²) in [5.41, 5.74) is 0.747. The van der Waals surface area contributed by atoms with Crippen LogP contribution in [0, 0.1) is 0 Å². The van der Waals surface area contributed by atoms with E-state index in [4.69, 9.17) is 4.74 Å². The predicted octanol–water partition coefficient (Wildman–Crippen LogP) is 5.25. The van der Waals surface area contributed by atoms with Crippen molar-refractivity contribution in [2.24, 2.45) is 0 Å².